The monoisotopic (exact) mass is 298 g/mol. The number of rotatable bonds is 3. The van der Waals surface area contributed by atoms with E-state index in [-0.39, 0.29) is 11.8 Å². The fraction of sp³-hybridized carbons (Fsp3) is 0.400. The molecule has 0 saturated carbocycles. The van der Waals surface area contributed by atoms with Gasteiger partial charge in [0.2, 0.25) is 5.91 Å². The molecule has 1 aliphatic rings. The Bertz CT molecular complexity index is 630. The average Bonchev–Trinajstić information content (AvgIpc) is 2.56. The number of piperidine rings is 1. The van der Waals surface area contributed by atoms with Crippen molar-refractivity contribution in [1.82, 2.24) is 24.8 Å². The van der Waals surface area contributed by atoms with Crippen LogP contribution in [0.1, 0.15) is 31.4 Å². The van der Waals surface area contributed by atoms with Crippen LogP contribution in [0.4, 0.5) is 11.6 Å². The zero-order valence-electron chi connectivity index (χ0n) is 12.4. The summed E-state index contributed by atoms with van der Waals surface area (Å²) in [7, 11) is 0. The predicted molar refractivity (Wildman–Crippen MR) is 81.6 cm³/mol. The van der Waals surface area contributed by atoms with Crippen molar-refractivity contribution in [3.8, 4) is 0 Å². The first-order chi connectivity index (χ1) is 10.7. The van der Waals surface area contributed by atoms with E-state index in [2.05, 4.69) is 25.3 Å². The minimum atomic E-state index is 0.124. The van der Waals surface area contributed by atoms with E-state index < -0.39 is 0 Å². The Hall–Kier alpha value is -2.57. The Morgan fingerprint density at radius 1 is 1.18 bits per heavy atom. The first-order valence-electron chi connectivity index (χ1n) is 7.33. The molecule has 0 aliphatic carbocycles. The molecule has 0 bridgehead atoms. The number of hydrogen-bond acceptors (Lipinski definition) is 6. The average molecular weight is 298 g/mol. The summed E-state index contributed by atoms with van der Waals surface area (Å²) in [5.41, 5.74) is 0.927. The van der Waals surface area contributed by atoms with E-state index in [1.165, 1.54) is 0 Å². The summed E-state index contributed by atoms with van der Waals surface area (Å²) in [5.74, 6) is 1.64. The molecule has 22 heavy (non-hydrogen) atoms. The lowest BCUT2D eigenvalue weighted by molar-refractivity contribution is -0.130. The Morgan fingerprint density at radius 2 is 2.05 bits per heavy atom. The van der Waals surface area contributed by atoms with Crippen LogP contribution < -0.4 is 5.32 Å². The molecular formula is C15H18N6O. The van der Waals surface area contributed by atoms with Crippen molar-refractivity contribution in [2.45, 2.75) is 25.7 Å². The van der Waals surface area contributed by atoms with Crippen LogP contribution in [0.15, 0.2) is 31.0 Å². The lowest BCUT2D eigenvalue weighted by Gasteiger charge is -2.31. The molecule has 7 heteroatoms. The second-order valence-electron chi connectivity index (χ2n) is 5.35. The number of likely N-dealkylation sites (tertiary alicyclic amines) is 1. The summed E-state index contributed by atoms with van der Waals surface area (Å²) in [6, 6.07) is 0. The van der Waals surface area contributed by atoms with Gasteiger partial charge in [0.15, 0.2) is 0 Å². The fourth-order valence-electron chi connectivity index (χ4n) is 2.61. The lowest BCUT2D eigenvalue weighted by Crippen LogP contribution is -2.37. The highest BCUT2D eigenvalue weighted by Crippen LogP contribution is 2.25. The number of aromatic nitrogens is 4. The summed E-state index contributed by atoms with van der Waals surface area (Å²) >= 11 is 0. The van der Waals surface area contributed by atoms with Gasteiger partial charge in [-0.1, -0.05) is 0 Å². The van der Waals surface area contributed by atoms with Crippen LogP contribution in [0.2, 0.25) is 0 Å². The lowest BCUT2D eigenvalue weighted by atomic mass is 9.95. The largest absolute Gasteiger partial charge is 0.342 e. The molecule has 1 aliphatic heterocycles. The second-order valence-corrected chi connectivity index (χ2v) is 5.35. The maximum Gasteiger partial charge on any atom is 0.219 e. The third kappa shape index (κ3) is 3.36. The number of hydrogen-bond donors (Lipinski definition) is 1. The van der Waals surface area contributed by atoms with Gasteiger partial charge in [0, 0.05) is 38.3 Å². The number of nitrogens with zero attached hydrogens (tertiary/aromatic N) is 5. The van der Waals surface area contributed by atoms with Crippen molar-refractivity contribution in [2.75, 3.05) is 18.4 Å². The molecule has 0 spiro atoms. The van der Waals surface area contributed by atoms with Gasteiger partial charge in [0.1, 0.15) is 11.6 Å². The Morgan fingerprint density at radius 3 is 2.73 bits per heavy atom. The van der Waals surface area contributed by atoms with Crippen molar-refractivity contribution in [2.24, 2.45) is 0 Å². The van der Waals surface area contributed by atoms with Gasteiger partial charge < -0.3 is 10.2 Å². The van der Waals surface area contributed by atoms with Crippen LogP contribution in [-0.2, 0) is 4.79 Å². The maximum atomic E-state index is 11.5. The molecule has 1 atom stereocenters. The number of carbonyl (C=O) groups is 1. The van der Waals surface area contributed by atoms with Crippen LogP contribution in [0.5, 0.6) is 0 Å². The fourth-order valence-corrected chi connectivity index (χ4v) is 2.61. The van der Waals surface area contributed by atoms with Crippen molar-refractivity contribution in [1.29, 1.82) is 0 Å². The third-order valence-electron chi connectivity index (χ3n) is 3.78. The van der Waals surface area contributed by atoms with E-state index in [0.29, 0.717) is 11.6 Å². The summed E-state index contributed by atoms with van der Waals surface area (Å²) in [5, 5.41) is 3.05. The Labute approximate surface area is 128 Å². The van der Waals surface area contributed by atoms with E-state index in [1.807, 2.05) is 4.90 Å². The molecule has 3 rings (SSSR count). The van der Waals surface area contributed by atoms with Crippen molar-refractivity contribution >= 4 is 17.5 Å². The van der Waals surface area contributed by atoms with Gasteiger partial charge in [-0.25, -0.2) is 9.97 Å². The normalized spacial score (nSPS) is 18.0. The van der Waals surface area contributed by atoms with Crippen molar-refractivity contribution in [3.05, 3.63) is 36.7 Å². The summed E-state index contributed by atoms with van der Waals surface area (Å²) < 4.78 is 0. The molecule has 7 nitrogen and oxygen atoms in total. The molecule has 2 aromatic rings. The molecule has 114 valence electrons. The van der Waals surface area contributed by atoms with E-state index in [9.17, 15) is 4.79 Å². The van der Waals surface area contributed by atoms with Crippen LogP contribution in [0.3, 0.4) is 0 Å². The topological polar surface area (TPSA) is 83.9 Å². The standard InChI is InChI=1S/C15H18N6O/c1-11(22)21-6-2-3-12(10-21)13-7-19-15(9-18-13)20-14-8-16-4-5-17-14/h4-5,7-9,12H,2-3,6,10H2,1H3,(H,17,19,20)/t12-/m0/s1. The summed E-state index contributed by atoms with van der Waals surface area (Å²) in [6.07, 6.45) is 10.4. The van der Waals surface area contributed by atoms with Crippen LogP contribution in [0.25, 0.3) is 0 Å². The summed E-state index contributed by atoms with van der Waals surface area (Å²) in [6.45, 7) is 3.18. The smallest absolute Gasteiger partial charge is 0.219 e. The zero-order valence-corrected chi connectivity index (χ0v) is 12.4. The van der Waals surface area contributed by atoms with Crippen LogP contribution >= 0.6 is 0 Å². The highest BCUT2D eigenvalue weighted by molar-refractivity contribution is 5.73. The Balaban J connectivity index is 1.67. The van der Waals surface area contributed by atoms with Gasteiger partial charge in [-0.2, -0.15) is 0 Å². The van der Waals surface area contributed by atoms with Gasteiger partial charge in [0.25, 0.3) is 0 Å². The van der Waals surface area contributed by atoms with E-state index in [4.69, 9.17) is 0 Å². The van der Waals surface area contributed by atoms with Gasteiger partial charge >= 0.3 is 0 Å². The van der Waals surface area contributed by atoms with Gasteiger partial charge in [0.05, 0.1) is 24.3 Å². The highest BCUT2D eigenvalue weighted by atomic mass is 16.2. The predicted octanol–water partition coefficient (Wildman–Crippen LogP) is 1.74. The maximum absolute atomic E-state index is 11.5. The number of anilines is 2. The molecular weight excluding hydrogens is 280 g/mol. The second kappa shape index (κ2) is 6.46. The molecule has 1 fully saturated rings. The minimum absolute atomic E-state index is 0.124. The molecule has 2 aromatic heterocycles. The Kier molecular flexibility index (Phi) is 4.22. The SMILES string of the molecule is CC(=O)N1CCC[C@H](c2cnc(Nc3cnccn3)cn2)C1. The quantitative estimate of drug-likeness (QED) is 0.929. The molecule has 1 amide bonds. The van der Waals surface area contributed by atoms with E-state index in [1.54, 1.807) is 37.9 Å². The van der Waals surface area contributed by atoms with Crippen LogP contribution in [0, 0.1) is 0 Å². The number of amides is 1. The first kappa shape index (κ1) is 14.4. The number of nitrogens with one attached hydrogen (secondary N) is 1. The molecule has 0 unspecified atom stereocenters. The third-order valence-corrected chi connectivity index (χ3v) is 3.78. The van der Waals surface area contributed by atoms with E-state index in [0.717, 1.165) is 31.6 Å². The first-order valence-corrected chi connectivity index (χ1v) is 7.33. The molecule has 1 N–H and O–H groups in total. The molecule has 0 radical (unpaired) electrons. The van der Waals surface area contributed by atoms with Gasteiger partial charge in [-0.3, -0.25) is 14.8 Å². The van der Waals surface area contributed by atoms with Crippen LogP contribution in [-0.4, -0.2) is 43.8 Å². The van der Waals surface area contributed by atoms with Crippen molar-refractivity contribution < 1.29 is 4.79 Å². The molecule has 3 heterocycles. The summed E-state index contributed by atoms with van der Waals surface area (Å²) in [4.78, 5) is 30.3. The molecule has 1 saturated heterocycles. The van der Waals surface area contributed by atoms with Gasteiger partial charge in [-0.15, -0.1) is 0 Å². The van der Waals surface area contributed by atoms with Gasteiger partial charge in [-0.05, 0) is 12.8 Å². The molecule has 0 aromatic carbocycles. The minimum Gasteiger partial charge on any atom is -0.342 e. The number of carbonyl (C=O) groups excluding carboxylic acids is 1. The highest BCUT2D eigenvalue weighted by Gasteiger charge is 2.23. The van der Waals surface area contributed by atoms with E-state index >= 15 is 0 Å². The van der Waals surface area contributed by atoms with Crippen molar-refractivity contribution in [3.63, 3.8) is 0 Å². The zero-order chi connectivity index (χ0) is 15.4.